The van der Waals surface area contributed by atoms with E-state index in [2.05, 4.69) is 4.74 Å². The fraction of sp³-hybridized carbons (Fsp3) is 0.500. The first-order valence-electron chi connectivity index (χ1n) is 6.39. The van der Waals surface area contributed by atoms with Gasteiger partial charge >= 0.3 is 11.9 Å². The zero-order valence-electron chi connectivity index (χ0n) is 11.4. The van der Waals surface area contributed by atoms with E-state index in [0.29, 0.717) is 12.4 Å². The average Bonchev–Trinajstić information content (AvgIpc) is 2.45. The van der Waals surface area contributed by atoms with Crippen molar-refractivity contribution in [1.29, 1.82) is 0 Å². The second-order valence-electron chi connectivity index (χ2n) is 4.16. The largest absolute Gasteiger partial charge is 0.494 e. The SMILES string of the molecule is CCCOc1ccc(C(O)C(F)(F)C(=O)OCC)cc1. The molecule has 1 unspecified atom stereocenters. The highest BCUT2D eigenvalue weighted by Crippen LogP contribution is 2.33. The number of hydrogen-bond donors (Lipinski definition) is 1. The number of benzene rings is 1. The van der Waals surface area contributed by atoms with E-state index in [-0.39, 0.29) is 12.2 Å². The summed E-state index contributed by atoms with van der Waals surface area (Å²) in [5.74, 6) is -5.21. The van der Waals surface area contributed by atoms with Crippen LogP contribution in [-0.4, -0.2) is 30.2 Å². The lowest BCUT2D eigenvalue weighted by Gasteiger charge is -2.21. The fourth-order valence-electron chi connectivity index (χ4n) is 1.51. The van der Waals surface area contributed by atoms with Crippen molar-refractivity contribution in [3.8, 4) is 5.75 Å². The Morgan fingerprint density at radius 2 is 1.90 bits per heavy atom. The molecule has 112 valence electrons. The number of aliphatic hydroxyl groups excluding tert-OH is 1. The van der Waals surface area contributed by atoms with Gasteiger partial charge in [-0.1, -0.05) is 19.1 Å². The maximum absolute atomic E-state index is 13.6. The van der Waals surface area contributed by atoms with Gasteiger partial charge in [0.05, 0.1) is 13.2 Å². The number of rotatable bonds is 7. The van der Waals surface area contributed by atoms with E-state index >= 15 is 0 Å². The van der Waals surface area contributed by atoms with Crippen LogP contribution in [0.15, 0.2) is 24.3 Å². The monoisotopic (exact) mass is 288 g/mol. The Bertz CT molecular complexity index is 431. The highest BCUT2D eigenvalue weighted by molar-refractivity contribution is 5.78. The third-order valence-electron chi connectivity index (χ3n) is 2.56. The highest BCUT2D eigenvalue weighted by atomic mass is 19.3. The van der Waals surface area contributed by atoms with Crippen LogP contribution in [0.3, 0.4) is 0 Å². The Morgan fingerprint density at radius 1 is 1.30 bits per heavy atom. The summed E-state index contributed by atoms with van der Waals surface area (Å²) >= 11 is 0. The van der Waals surface area contributed by atoms with Gasteiger partial charge in [-0.15, -0.1) is 0 Å². The number of carbonyl (C=O) groups excluding carboxylic acids is 1. The molecule has 20 heavy (non-hydrogen) atoms. The van der Waals surface area contributed by atoms with Crippen LogP contribution in [0.2, 0.25) is 0 Å². The van der Waals surface area contributed by atoms with Gasteiger partial charge in [0.2, 0.25) is 0 Å². The van der Waals surface area contributed by atoms with Gasteiger partial charge in [-0.3, -0.25) is 0 Å². The smallest absolute Gasteiger partial charge is 0.380 e. The van der Waals surface area contributed by atoms with Gasteiger partial charge in [-0.25, -0.2) is 4.79 Å². The minimum absolute atomic E-state index is 0.0769. The molecule has 1 N–H and O–H groups in total. The quantitative estimate of drug-likeness (QED) is 0.784. The number of aliphatic hydroxyl groups is 1. The van der Waals surface area contributed by atoms with Crippen LogP contribution in [0.1, 0.15) is 31.9 Å². The molecule has 0 radical (unpaired) electrons. The van der Waals surface area contributed by atoms with E-state index in [1.54, 1.807) is 0 Å². The van der Waals surface area contributed by atoms with Crippen molar-refractivity contribution in [3.05, 3.63) is 29.8 Å². The molecule has 1 aromatic rings. The van der Waals surface area contributed by atoms with E-state index in [1.165, 1.54) is 31.2 Å². The van der Waals surface area contributed by atoms with Gasteiger partial charge in [0.15, 0.2) is 6.10 Å². The molecular formula is C14H18F2O4. The number of hydrogen-bond acceptors (Lipinski definition) is 4. The van der Waals surface area contributed by atoms with Crippen LogP contribution in [-0.2, 0) is 9.53 Å². The minimum atomic E-state index is -3.98. The standard InChI is InChI=1S/C14H18F2O4/c1-3-9-20-11-7-5-10(6-8-11)12(17)14(15,16)13(18)19-4-2/h5-8,12,17H,3-4,9H2,1-2H3. The molecule has 0 aliphatic carbocycles. The fourth-order valence-corrected chi connectivity index (χ4v) is 1.51. The summed E-state index contributed by atoms with van der Waals surface area (Å²) < 4.78 is 36.8. The highest BCUT2D eigenvalue weighted by Gasteiger charge is 2.48. The zero-order valence-corrected chi connectivity index (χ0v) is 11.4. The van der Waals surface area contributed by atoms with Crippen LogP contribution in [0.4, 0.5) is 8.78 Å². The van der Waals surface area contributed by atoms with Gasteiger partial charge in [-0.2, -0.15) is 8.78 Å². The summed E-state index contributed by atoms with van der Waals surface area (Å²) in [5, 5.41) is 9.62. The summed E-state index contributed by atoms with van der Waals surface area (Å²) in [6, 6.07) is 5.52. The zero-order chi connectivity index (χ0) is 15.2. The van der Waals surface area contributed by atoms with Gasteiger partial charge in [0.25, 0.3) is 0 Å². The van der Waals surface area contributed by atoms with Crippen molar-refractivity contribution in [3.63, 3.8) is 0 Å². The predicted octanol–water partition coefficient (Wildman–Crippen LogP) is 2.71. The van der Waals surface area contributed by atoms with Crippen molar-refractivity contribution in [2.75, 3.05) is 13.2 Å². The molecule has 0 saturated carbocycles. The first kappa shape index (κ1) is 16.4. The normalized spacial score (nSPS) is 12.8. The molecule has 0 saturated heterocycles. The number of halogens is 2. The van der Waals surface area contributed by atoms with E-state index in [4.69, 9.17) is 4.74 Å². The molecule has 0 aliphatic heterocycles. The third kappa shape index (κ3) is 3.90. The summed E-state index contributed by atoms with van der Waals surface area (Å²) in [6.45, 7) is 3.70. The van der Waals surface area contributed by atoms with Crippen molar-refractivity contribution in [2.24, 2.45) is 0 Å². The molecule has 1 aromatic carbocycles. The molecular weight excluding hydrogens is 270 g/mol. The summed E-state index contributed by atoms with van der Waals surface area (Å²) in [5.41, 5.74) is -0.0769. The lowest BCUT2D eigenvalue weighted by atomic mass is 10.0. The van der Waals surface area contributed by atoms with E-state index in [0.717, 1.165) is 6.42 Å². The molecule has 1 rings (SSSR count). The molecule has 4 nitrogen and oxygen atoms in total. The Morgan fingerprint density at radius 3 is 2.40 bits per heavy atom. The molecule has 6 heteroatoms. The molecule has 0 amide bonds. The average molecular weight is 288 g/mol. The lowest BCUT2D eigenvalue weighted by molar-refractivity contribution is -0.189. The van der Waals surface area contributed by atoms with Crippen LogP contribution in [0, 0.1) is 0 Å². The van der Waals surface area contributed by atoms with Gasteiger partial charge < -0.3 is 14.6 Å². The molecule has 0 fully saturated rings. The number of esters is 1. The Balaban J connectivity index is 2.80. The molecule has 0 aromatic heterocycles. The van der Waals surface area contributed by atoms with Gasteiger partial charge in [0, 0.05) is 0 Å². The maximum atomic E-state index is 13.6. The lowest BCUT2D eigenvalue weighted by Crippen LogP contribution is -2.37. The maximum Gasteiger partial charge on any atom is 0.380 e. The van der Waals surface area contributed by atoms with Gasteiger partial charge in [0.1, 0.15) is 5.75 Å². The van der Waals surface area contributed by atoms with Crippen molar-refractivity contribution < 1.29 is 28.2 Å². The van der Waals surface area contributed by atoms with Crippen LogP contribution < -0.4 is 4.74 Å². The van der Waals surface area contributed by atoms with E-state index in [9.17, 15) is 18.7 Å². The Kier molecular flexibility index (Phi) is 5.88. The third-order valence-corrected chi connectivity index (χ3v) is 2.56. The van der Waals surface area contributed by atoms with Crippen molar-refractivity contribution in [2.45, 2.75) is 32.3 Å². The summed E-state index contributed by atoms with van der Waals surface area (Å²) in [7, 11) is 0. The molecule has 1 atom stereocenters. The van der Waals surface area contributed by atoms with Crippen LogP contribution in [0.25, 0.3) is 0 Å². The van der Waals surface area contributed by atoms with Crippen molar-refractivity contribution >= 4 is 5.97 Å². The second-order valence-corrected chi connectivity index (χ2v) is 4.16. The van der Waals surface area contributed by atoms with Crippen molar-refractivity contribution in [1.82, 2.24) is 0 Å². The minimum Gasteiger partial charge on any atom is -0.494 e. The Labute approximate surface area is 116 Å². The topological polar surface area (TPSA) is 55.8 Å². The first-order chi connectivity index (χ1) is 9.43. The second kappa shape index (κ2) is 7.19. The number of ether oxygens (including phenoxy) is 2. The van der Waals surface area contributed by atoms with Crippen LogP contribution in [0.5, 0.6) is 5.75 Å². The predicted molar refractivity (Wildman–Crippen MR) is 68.8 cm³/mol. The molecule has 0 heterocycles. The summed E-state index contributed by atoms with van der Waals surface area (Å²) in [4.78, 5) is 11.1. The number of alkyl halides is 2. The molecule has 0 aliphatic rings. The van der Waals surface area contributed by atoms with E-state index in [1.807, 2.05) is 6.92 Å². The molecule has 0 spiro atoms. The molecule has 0 bridgehead atoms. The van der Waals surface area contributed by atoms with Gasteiger partial charge in [-0.05, 0) is 31.0 Å². The van der Waals surface area contributed by atoms with Crippen LogP contribution >= 0.6 is 0 Å². The van der Waals surface area contributed by atoms with E-state index < -0.39 is 18.0 Å². The first-order valence-corrected chi connectivity index (χ1v) is 6.39. The Hall–Kier alpha value is -1.69. The number of carbonyl (C=O) groups is 1. The summed E-state index contributed by atoms with van der Waals surface area (Å²) in [6.07, 6.45) is -1.42.